The number of rotatable bonds is 6. The second kappa shape index (κ2) is 9.43. The Bertz CT molecular complexity index is 1390. The third-order valence-electron chi connectivity index (χ3n) is 5.46. The van der Waals surface area contributed by atoms with E-state index in [1.807, 2.05) is 26.8 Å². The summed E-state index contributed by atoms with van der Waals surface area (Å²) in [4.78, 5) is 30.2. The number of pyridine rings is 1. The fourth-order valence-corrected chi connectivity index (χ4v) is 3.90. The Labute approximate surface area is 196 Å². The normalized spacial score (nSPS) is 11.0. The van der Waals surface area contributed by atoms with Crippen LogP contribution in [0.3, 0.4) is 0 Å². The molecule has 0 saturated carbocycles. The number of carbonyl (C=O) groups is 2. The van der Waals surface area contributed by atoms with Crippen molar-refractivity contribution in [3.63, 3.8) is 0 Å². The summed E-state index contributed by atoms with van der Waals surface area (Å²) in [5.74, 6) is -0.736. The molecule has 0 aliphatic carbocycles. The van der Waals surface area contributed by atoms with Crippen molar-refractivity contribution in [2.45, 2.75) is 34.1 Å². The summed E-state index contributed by atoms with van der Waals surface area (Å²) in [5.41, 5.74) is 4.71. The van der Waals surface area contributed by atoms with E-state index >= 15 is 0 Å². The van der Waals surface area contributed by atoms with Crippen molar-refractivity contribution in [1.82, 2.24) is 14.8 Å². The number of nitrogens with zero attached hydrogens (tertiary/aromatic N) is 3. The van der Waals surface area contributed by atoms with Crippen LogP contribution in [0.15, 0.2) is 48.7 Å². The molecule has 8 heteroatoms. The lowest BCUT2D eigenvalue weighted by atomic mass is 10.0. The molecular weight excluding hydrogens is 435 g/mol. The lowest BCUT2D eigenvalue weighted by Gasteiger charge is -2.13. The number of aryl methyl sites for hydroxylation is 3. The Morgan fingerprint density at radius 3 is 2.50 bits per heavy atom. The van der Waals surface area contributed by atoms with E-state index in [0.717, 1.165) is 27.6 Å². The summed E-state index contributed by atoms with van der Waals surface area (Å²) in [6.45, 7) is 7.89. The molecule has 1 N–H and O–H groups in total. The quantitative estimate of drug-likeness (QED) is 0.416. The van der Waals surface area contributed by atoms with Gasteiger partial charge in [-0.1, -0.05) is 23.8 Å². The third kappa shape index (κ3) is 4.66. The Morgan fingerprint density at radius 2 is 1.79 bits per heavy atom. The molecule has 7 nitrogen and oxygen atoms in total. The molecule has 174 valence electrons. The number of amides is 1. The number of hydrogen-bond donors (Lipinski definition) is 1. The first-order chi connectivity index (χ1) is 16.3. The Hall–Kier alpha value is -4.07. The molecule has 34 heavy (non-hydrogen) atoms. The van der Waals surface area contributed by atoms with Gasteiger partial charge in [-0.25, -0.2) is 14.2 Å². The highest BCUT2D eigenvalue weighted by molar-refractivity contribution is 6.01. The molecule has 2 heterocycles. The van der Waals surface area contributed by atoms with E-state index in [4.69, 9.17) is 9.72 Å². The highest BCUT2D eigenvalue weighted by Gasteiger charge is 2.23. The van der Waals surface area contributed by atoms with Crippen LogP contribution in [0.2, 0.25) is 0 Å². The Balaban J connectivity index is 1.76. The lowest BCUT2D eigenvalue weighted by molar-refractivity contribution is -0.115. The van der Waals surface area contributed by atoms with Gasteiger partial charge in [-0.05, 0) is 68.7 Å². The summed E-state index contributed by atoms with van der Waals surface area (Å²) in [7, 11) is 0. The zero-order valence-corrected chi connectivity index (χ0v) is 19.5. The van der Waals surface area contributed by atoms with E-state index in [9.17, 15) is 14.0 Å². The summed E-state index contributed by atoms with van der Waals surface area (Å²) >= 11 is 0. The molecule has 0 saturated heterocycles. The molecule has 0 bridgehead atoms. The number of carbonyl (C=O) groups excluding carboxylic acids is 2. The topological polar surface area (TPSA) is 86.1 Å². The van der Waals surface area contributed by atoms with Crippen LogP contribution in [0.1, 0.15) is 39.5 Å². The fraction of sp³-hybridized carbons (Fsp3) is 0.231. The number of anilines is 1. The van der Waals surface area contributed by atoms with Crippen LogP contribution in [-0.2, 0) is 16.0 Å². The van der Waals surface area contributed by atoms with Gasteiger partial charge in [-0.3, -0.25) is 4.79 Å². The molecule has 0 fully saturated rings. The molecule has 0 aliphatic heterocycles. The van der Waals surface area contributed by atoms with Gasteiger partial charge in [-0.2, -0.15) is 9.78 Å². The van der Waals surface area contributed by atoms with Gasteiger partial charge in [0.25, 0.3) is 0 Å². The number of ether oxygens (including phenoxy) is 1. The van der Waals surface area contributed by atoms with Crippen LogP contribution in [0.25, 0.3) is 16.7 Å². The van der Waals surface area contributed by atoms with Gasteiger partial charge in [-0.15, -0.1) is 0 Å². The number of benzene rings is 2. The van der Waals surface area contributed by atoms with Gasteiger partial charge >= 0.3 is 5.97 Å². The van der Waals surface area contributed by atoms with Crippen molar-refractivity contribution >= 4 is 28.6 Å². The standard InChI is InChI=1S/C26H25FN4O3/c1-5-34-26(33)21-14-28-31(25(21)30-23(32)13-18-6-8-19(27)9-7-18)22-12-16(3)20-11-15(2)10-17(4)24(20)29-22/h6-12,14H,5,13H2,1-4H3,(H,30,32). The zero-order valence-electron chi connectivity index (χ0n) is 19.5. The van der Waals surface area contributed by atoms with Crippen molar-refractivity contribution in [2.75, 3.05) is 11.9 Å². The first-order valence-electron chi connectivity index (χ1n) is 10.9. The number of halogens is 1. The summed E-state index contributed by atoms with van der Waals surface area (Å²) in [6.07, 6.45) is 1.35. The van der Waals surface area contributed by atoms with Crippen molar-refractivity contribution < 1.29 is 18.7 Å². The van der Waals surface area contributed by atoms with Gasteiger partial charge in [0.1, 0.15) is 11.4 Å². The van der Waals surface area contributed by atoms with E-state index in [0.29, 0.717) is 11.4 Å². The average molecular weight is 461 g/mol. The number of esters is 1. The maximum Gasteiger partial charge on any atom is 0.343 e. The van der Waals surface area contributed by atoms with Gasteiger partial charge in [0.05, 0.1) is 24.7 Å². The minimum absolute atomic E-state index is 0.00368. The van der Waals surface area contributed by atoms with E-state index in [1.54, 1.807) is 6.92 Å². The third-order valence-corrected chi connectivity index (χ3v) is 5.46. The lowest BCUT2D eigenvalue weighted by Crippen LogP contribution is -2.20. The Kier molecular flexibility index (Phi) is 6.40. The summed E-state index contributed by atoms with van der Waals surface area (Å²) < 4.78 is 19.8. The van der Waals surface area contributed by atoms with Crippen molar-refractivity contribution in [3.05, 3.63) is 82.3 Å². The molecule has 0 aliphatic rings. The smallest absolute Gasteiger partial charge is 0.343 e. The van der Waals surface area contributed by atoms with Crippen LogP contribution in [0.4, 0.5) is 10.2 Å². The summed E-state index contributed by atoms with van der Waals surface area (Å²) in [6, 6.07) is 11.7. The number of nitrogens with one attached hydrogen (secondary N) is 1. The highest BCUT2D eigenvalue weighted by atomic mass is 19.1. The van der Waals surface area contributed by atoms with Crippen LogP contribution in [-0.4, -0.2) is 33.2 Å². The first-order valence-corrected chi connectivity index (χ1v) is 10.9. The van der Waals surface area contributed by atoms with Crippen molar-refractivity contribution in [1.29, 1.82) is 0 Å². The van der Waals surface area contributed by atoms with E-state index in [2.05, 4.69) is 22.5 Å². The molecule has 4 aromatic rings. The maximum atomic E-state index is 13.2. The molecule has 0 radical (unpaired) electrons. The van der Waals surface area contributed by atoms with Crippen molar-refractivity contribution in [3.8, 4) is 5.82 Å². The van der Waals surface area contributed by atoms with E-state index in [1.165, 1.54) is 35.1 Å². The number of fused-ring (bicyclic) bond motifs is 1. The highest BCUT2D eigenvalue weighted by Crippen LogP contribution is 2.27. The SMILES string of the molecule is CCOC(=O)c1cnn(-c2cc(C)c3cc(C)cc(C)c3n2)c1NC(=O)Cc1ccc(F)cc1. The Morgan fingerprint density at radius 1 is 1.06 bits per heavy atom. The maximum absolute atomic E-state index is 13.2. The van der Waals surface area contributed by atoms with Crippen LogP contribution in [0.5, 0.6) is 0 Å². The molecule has 0 spiro atoms. The summed E-state index contributed by atoms with van der Waals surface area (Å²) in [5, 5.41) is 8.15. The fourth-order valence-electron chi connectivity index (χ4n) is 3.90. The van der Waals surface area contributed by atoms with Crippen LogP contribution in [0, 0.1) is 26.6 Å². The molecule has 2 aromatic carbocycles. The van der Waals surface area contributed by atoms with E-state index in [-0.39, 0.29) is 36.1 Å². The predicted octanol–water partition coefficient (Wildman–Crippen LogP) is 4.84. The molecule has 0 atom stereocenters. The minimum Gasteiger partial charge on any atom is -0.462 e. The molecule has 4 rings (SSSR count). The second-order valence-electron chi connectivity index (χ2n) is 8.17. The monoisotopic (exact) mass is 460 g/mol. The molecule has 0 unspecified atom stereocenters. The zero-order chi connectivity index (χ0) is 24.4. The average Bonchev–Trinajstić information content (AvgIpc) is 3.19. The minimum atomic E-state index is -0.602. The van der Waals surface area contributed by atoms with E-state index < -0.39 is 5.97 Å². The first kappa shape index (κ1) is 23.1. The van der Waals surface area contributed by atoms with Gasteiger partial charge < -0.3 is 10.1 Å². The second-order valence-corrected chi connectivity index (χ2v) is 8.17. The molecule has 1 amide bonds. The molecule has 2 aromatic heterocycles. The van der Waals surface area contributed by atoms with Gasteiger partial charge in [0.2, 0.25) is 5.91 Å². The van der Waals surface area contributed by atoms with Gasteiger partial charge in [0.15, 0.2) is 11.6 Å². The van der Waals surface area contributed by atoms with Crippen molar-refractivity contribution in [2.24, 2.45) is 0 Å². The van der Waals surface area contributed by atoms with Crippen LogP contribution < -0.4 is 5.32 Å². The predicted molar refractivity (Wildman–Crippen MR) is 128 cm³/mol. The van der Waals surface area contributed by atoms with Crippen LogP contribution >= 0.6 is 0 Å². The largest absolute Gasteiger partial charge is 0.462 e. The number of hydrogen-bond acceptors (Lipinski definition) is 5. The molecular formula is C26H25FN4O3. The van der Waals surface area contributed by atoms with Gasteiger partial charge in [0, 0.05) is 5.39 Å². The number of aromatic nitrogens is 3.